The maximum absolute atomic E-state index is 14.5. The Labute approximate surface area is 146 Å². The van der Waals surface area contributed by atoms with Gasteiger partial charge in [-0.25, -0.2) is 4.39 Å². The molecule has 0 unspecified atom stereocenters. The average Bonchev–Trinajstić information content (AvgIpc) is 2.64. The van der Waals surface area contributed by atoms with Crippen LogP contribution in [0, 0.1) is 5.82 Å². The molecule has 0 spiro atoms. The third-order valence-corrected chi connectivity index (χ3v) is 3.99. The van der Waals surface area contributed by atoms with Gasteiger partial charge in [0, 0.05) is 6.54 Å². The van der Waals surface area contributed by atoms with Crippen molar-refractivity contribution in [2.75, 3.05) is 25.1 Å². The van der Waals surface area contributed by atoms with Gasteiger partial charge in [-0.3, -0.25) is 4.79 Å². The molecule has 0 atom stereocenters. The first kappa shape index (κ1) is 17.2. The fourth-order valence-electron chi connectivity index (χ4n) is 2.80. The van der Waals surface area contributed by atoms with Crippen molar-refractivity contribution in [3.8, 4) is 11.5 Å². The van der Waals surface area contributed by atoms with E-state index in [1.54, 1.807) is 24.3 Å². The van der Waals surface area contributed by atoms with E-state index in [4.69, 9.17) is 9.47 Å². The van der Waals surface area contributed by atoms with Gasteiger partial charge >= 0.3 is 0 Å². The summed E-state index contributed by atoms with van der Waals surface area (Å²) in [5.74, 6) is 0.280. The number of anilines is 1. The van der Waals surface area contributed by atoms with Crippen molar-refractivity contribution < 1.29 is 18.7 Å². The number of carbonyl (C=O) groups is 1. The number of carbonyl (C=O) groups excluding carboxylic acids is 1. The fourth-order valence-corrected chi connectivity index (χ4v) is 2.80. The third kappa shape index (κ3) is 4.09. The number of halogens is 1. The normalized spacial score (nSPS) is 13.0. The summed E-state index contributed by atoms with van der Waals surface area (Å²) >= 11 is 0. The van der Waals surface area contributed by atoms with Crippen LogP contribution in [0.4, 0.5) is 10.1 Å². The molecule has 0 fully saturated rings. The number of para-hydroxylation sites is 2. The highest BCUT2D eigenvalue weighted by atomic mass is 19.1. The van der Waals surface area contributed by atoms with E-state index in [2.05, 4.69) is 10.6 Å². The number of fused-ring (bicyclic) bond motifs is 1. The van der Waals surface area contributed by atoms with Gasteiger partial charge in [0.05, 0.1) is 12.3 Å². The smallest absolute Gasteiger partial charge is 0.262 e. The van der Waals surface area contributed by atoms with Gasteiger partial charge in [0.2, 0.25) is 0 Å². The monoisotopic (exact) mass is 344 g/mol. The predicted molar refractivity (Wildman–Crippen MR) is 93.5 cm³/mol. The molecule has 1 heterocycles. The Morgan fingerprint density at radius 2 is 1.96 bits per heavy atom. The number of hydrogen-bond donors (Lipinski definition) is 2. The zero-order valence-corrected chi connectivity index (χ0v) is 14.1. The van der Waals surface area contributed by atoms with Crippen LogP contribution in [0.5, 0.6) is 11.5 Å². The quantitative estimate of drug-likeness (QED) is 0.846. The predicted octanol–water partition coefficient (Wildman–Crippen LogP) is 2.89. The van der Waals surface area contributed by atoms with Crippen molar-refractivity contribution in [3.63, 3.8) is 0 Å². The molecule has 2 aromatic rings. The lowest BCUT2D eigenvalue weighted by Crippen LogP contribution is -2.26. The summed E-state index contributed by atoms with van der Waals surface area (Å²) in [5, 5.41) is 5.78. The zero-order chi connectivity index (χ0) is 17.6. The van der Waals surface area contributed by atoms with Crippen molar-refractivity contribution in [3.05, 3.63) is 53.3 Å². The van der Waals surface area contributed by atoms with Gasteiger partial charge in [-0.05, 0) is 49.2 Å². The minimum atomic E-state index is -0.418. The lowest BCUT2D eigenvalue weighted by Gasteiger charge is -2.19. The number of benzene rings is 2. The SMILES string of the molecule is CCOc1ccccc1OCC(=O)Nc1ccc2c(c1F)CCNC2. The Morgan fingerprint density at radius 3 is 2.72 bits per heavy atom. The second-order valence-electron chi connectivity index (χ2n) is 5.71. The molecule has 132 valence electrons. The fraction of sp³-hybridized carbons (Fsp3) is 0.316. The van der Waals surface area contributed by atoms with Crippen LogP contribution < -0.4 is 20.1 Å². The van der Waals surface area contributed by atoms with Crippen molar-refractivity contribution in [1.82, 2.24) is 5.32 Å². The molecule has 2 aromatic carbocycles. The number of amides is 1. The van der Waals surface area contributed by atoms with E-state index in [1.165, 1.54) is 0 Å². The first-order valence-electron chi connectivity index (χ1n) is 8.34. The maximum atomic E-state index is 14.5. The van der Waals surface area contributed by atoms with Crippen LogP contribution in [0.2, 0.25) is 0 Å². The average molecular weight is 344 g/mol. The van der Waals surface area contributed by atoms with Crippen molar-refractivity contribution >= 4 is 11.6 Å². The minimum absolute atomic E-state index is 0.187. The second-order valence-corrected chi connectivity index (χ2v) is 5.71. The summed E-state index contributed by atoms with van der Waals surface area (Å²) in [4.78, 5) is 12.1. The first-order chi connectivity index (χ1) is 12.2. The molecule has 5 nitrogen and oxygen atoms in total. The van der Waals surface area contributed by atoms with Crippen LogP contribution in [0.3, 0.4) is 0 Å². The summed E-state index contributed by atoms with van der Waals surface area (Å²) < 4.78 is 25.5. The van der Waals surface area contributed by atoms with Gasteiger partial charge < -0.3 is 20.1 Å². The van der Waals surface area contributed by atoms with Crippen molar-refractivity contribution in [2.45, 2.75) is 19.9 Å². The van der Waals surface area contributed by atoms with Crippen LogP contribution in [-0.4, -0.2) is 25.7 Å². The molecule has 0 bridgehead atoms. The molecule has 1 aliphatic rings. The minimum Gasteiger partial charge on any atom is -0.490 e. The van der Waals surface area contributed by atoms with Gasteiger partial charge in [-0.2, -0.15) is 0 Å². The largest absolute Gasteiger partial charge is 0.490 e. The number of ether oxygens (including phenoxy) is 2. The summed E-state index contributed by atoms with van der Waals surface area (Å²) in [6.07, 6.45) is 0.614. The third-order valence-electron chi connectivity index (χ3n) is 3.99. The second kappa shape index (κ2) is 7.98. The van der Waals surface area contributed by atoms with Crippen LogP contribution >= 0.6 is 0 Å². The van der Waals surface area contributed by atoms with E-state index in [-0.39, 0.29) is 18.1 Å². The molecule has 0 saturated carbocycles. The van der Waals surface area contributed by atoms with E-state index >= 15 is 0 Å². The Bertz CT molecular complexity index is 764. The summed E-state index contributed by atoms with van der Waals surface area (Å²) in [7, 11) is 0. The van der Waals surface area contributed by atoms with Gasteiger partial charge in [0.1, 0.15) is 5.82 Å². The van der Waals surface area contributed by atoms with Gasteiger partial charge in [-0.15, -0.1) is 0 Å². The highest BCUT2D eigenvalue weighted by Crippen LogP contribution is 2.27. The summed E-state index contributed by atoms with van der Waals surface area (Å²) in [6, 6.07) is 10.6. The first-order valence-corrected chi connectivity index (χ1v) is 8.34. The molecule has 0 saturated heterocycles. The van der Waals surface area contributed by atoms with E-state index in [0.717, 1.165) is 12.1 Å². The highest BCUT2D eigenvalue weighted by molar-refractivity contribution is 5.92. The van der Waals surface area contributed by atoms with E-state index in [9.17, 15) is 9.18 Å². The number of hydrogen-bond acceptors (Lipinski definition) is 4. The highest BCUT2D eigenvalue weighted by Gasteiger charge is 2.17. The van der Waals surface area contributed by atoms with Crippen LogP contribution in [0.25, 0.3) is 0 Å². The van der Waals surface area contributed by atoms with Crippen LogP contribution in [0.1, 0.15) is 18.1 Å². The summed E-state index contributed by atoms with van der Waals surface area (Å²) in [5.41, 5.74) is 1.79. The Morgan fingerprint density at radius 1 is 1.20 bits per heavy atom. The van der Waals surface area contributed by atoms with E-state index in [1.807, 2.05) is 19.1 Å². The Hall–Kier alpha value is -2.60. The molecule has 1 aliphatic heterocycles. The van der Waals surface area contributed by atoms with E-state index < -0.39 is 5.91 Å². The topological polar surface area (TPSA) is 59.6 Å². The molecule has 0 aromatic heterocycles. The molecule has 2 N–H and O–H groups in total. The zero-order valence-electron chi connectivity index (χ0n) is 14.1. The molecule has 0 aliphatic carbocycles. The van der Waals surface area contributed by atoms with Crippen molar-refractivity contribution in [2.24, 2.45) is 0 Å². The molecule has 6 heteroatoms. The number of nitrogens with one attached hydrogen (secondary N) is 2. The Balaban J connectivity index is 1.64. The van der Waals surface area contributed by atoms with Crippen molar-refractivity contribution in [1.29, 1.82) is 0 Å². The lowest BCUT2D eigenvalue weighted by atomic mass is 9.99. The molecule has 1 amide bonds. The van der Waals surface area contributed by atoms with Gasteiger partial charge in [-0.1, -0.05) is 18.2 Å². The number of rotatable bonds is 6. The molecular formula is C19H21FN2O3. The molecular weight excluding hydrogens is 323 g/mol. The van der Waals surface area contributed by atoms with Crippen LogP contribution in [0.15, 0.2) is 36.4 Å². The standard InChI is InChI=1S/C19H21FN2O3/c1-2-24-16-5-3-4-6-17(16)25-12-18(23)22-15-8-7-13-11-21-10-9-14(13)19(15)20/h3-8,21H,2,9-12H2,1H3,(H,22,23). The Kier molecular flexibility index (Phi) is 5.50. The maximum Gasteiger partial charge on any atom is 0.262 e. The molecule has 3 rings (SSSR count). The molecule has 25 heavy (non-hydrogen) atoms. The van der Waals surface area contributed by atoms with E-state index in [0.29, 0.717) is 36.6 Å². The lowest BCUT2D eigenvalue weighted by molar-refractivity contribution is -0.118. The van der Waals surface area contributed by atoms with Gasteiger partial charge in [0.15, 0.2) is 18.1 Å². The van der Waals surface area contributed by atoms with Crippen LogP contribution in [-0.2, 0) is 17.8 Å². The molecule has 0 radical (unpaired) electrons. The summed E-state index contributed by atoms with van der Waals surface area (Å²) in [6.45, 7) is 3.54. The van der Waals surface area contributed by atoms with Gasteiger partial charge in [0.25, 0.3) is 5.91 Å².